The van der Waals surface area contributed by atoms with E-state index in [1.165, 1.54) is 0 Å². The monoisotopic (exact) mass is 409 g/mol. The summed E-state index contributed by atoms with van der Waals surface area (Å²) in [4.78, 5) is 27.5. The Morgan fingerprint density at radius 3 is 2.50 bits per heavy atom. The van der Waals surface area contributed by atoms with Gasteiger partial charge in [-0.15, -0.1) is 12.4 Å². The van der Waals surface area contributed by atoms with Gasteiger partial charge in [0.2, 0.25) is 11.8 Å². The fraction of sp³-hybridized carbons (Fsp3) is 0.619. The SMILES string of the molecule is COc1ccccc1NC(=O)C1CCN(C(=O)C2CCCCC2(C)N)CC1.Cl. The second-order valence-electron chi connectivity index (χ2n) is 8.09. The molecule has 3 rings (SSSR count). The molecule has 0 bridgehead atoms. The van der Waals surface area contributed by atoms with E-state index in [1.807, 2.05) is 36.1 Å². The van der Waals surface area contributed by atoms with Crippen molar-refractivity contribution in [3.8, 4) is 5.75 Å². The summed E-state index contributed by atoms with van der Waals surface area (Å²) in [6.45, 7) is 3.24. The Balaban J connectivity index is 0.00000280. The van der Waals surface area contributed by atoms with Crippen molar-refractivity contribution in [2.24, 2.45) is 17.6 Å². The van der Waals surface area contributed by atoms with Crippen LogP contribution in [0, 0.1) is 11.8 Å². The maximum absolute atomic E-state index is 12.9. The van der Waals surface area contributed by atoms with Crippen LogP contribution in [0.3, 0.4) is 0 Å². The van der Waals surface area contributed by atoms with Gasteiger partial charge in [-0.25, -0.2) is 0 Å². The van der Waals surface area contributed by atoms with E-state index in [0.29, 0.717) is 37.4 Å². The minimum Gasteiger partial charge on any atom is -0.495 e. The first-order valence-corrected chi connectivity index (χ1v) is 9.94. The number of piperidine rings is 1. The zero-order chi connectivity index (χ0) is 19.4. The number of nitrogens with zero attached hydrogens (tertiary/aromatic N) is 1. The molecule has 3 N–H and O–H groups in total. The highest BCUT2D eigenvalue weighted by Gasteiger charge is 2.40. The number of methoxy groups -OCH3 is 1. The Kier molecular flexibility index (Phi) is 7.72. The van der Waals surface area contributed by atoms with Crippen molar-refractivity contribution < 1.29 is 14.3 Å². The number of para-hydroxylation sites is 2. The van der Waals surface area contributed by atoms with Crippen LogP contribution in [-0.2, 0) is 9.59 Å². The molecule has 1 saturated carbocycles. The van der Waals surface area contributed by atoms with E-state index >= 15 is 0 Å². The quantitative estimate of drug-likeness (QED) is 0.799. The number of ether oxygens (including phenoxy) is 1. The average Bonchev–Trinajstić information content (AvgIpc) is 2.67. The van der Waals surface area contributed by atoms with Crippen LogP contribution in [0.5, 0.6) is 5.75 Å². The second-order valence-corrected chi connectivity index (χ2v) is 8.09. The number of carbonyl (C=O) groups excluding carboxylic acids is 2. The van der Waals surface area contributed by atoms with Gasteiger partial charge in [0, 0.05) is 24.5 Å². The Morgan fingerprint density at radius 2 is 1.86 bits per heavy atom. The molecule has 0 radical (unpaired) electrons. The molecular weight excluding hydrogens is 378 g/mol. The van der Waals surface area contributed by atoms with Crippen LogP contribution >= 0.6 is 12.4 Å². The number of nitrogens with one attached hydrogen (secondary N) is 1. The molecule has 1 aromatic rings. The number of rotatable bonds is 4. The van der Waals surface area contributed by atoms with E-state index in [2.05, 4.69) is 5.32 Å². The van der Waals surface area contributed by atoms with Gasteiger partial charge in [-0.1, -0.05) is 25.0 Å². The maximum Gasteiger partial charge on any atom is 0.227 e. The highest BCUT2D eigenvalue weighted by molar-refractivity contribution is 5.94. The number of hydrogen-bond donors (Lipinski definition) is 2. The lowest BCUT2D eigenvalue weighted by Gasteiger charge is -2.41. The molecule has 1 aliphatic carbocycles. The fourth-order valence-electron chi connectivity index (χ4n) is 4.33. The van der Waals surface area contributed by atoms with Crippen LogP contribution in [0.25, 0.3) is 0 Å². The third-order valence-electron chi connectivity index (χ3n) is 6.09. The van der Waals surface area contributed by atoms with Crippen molar-refractivity contribution in [2.75, 3.05) is 25.5 Å². The molecule has 2 fully saturated rings. The molecular formula is C21H32ClN3O3. The summed E-state index contributed by atoms with van der Waals surface area (Å²) in [5.41, 5.74) is 6.67. The van der Waals surface area contributed by atoms with Crippen LogP contribution in [0.1, 0.15) is 45.4 Å². The van der Waals surface area contributed by atoms with Crippen molar-refractivity contribution in [3.05, 3.63) is 24.3 Å². The molecule has 2 amide bonds. The average molecular weight is 410 g/mol. The number of anilines is 1. The molecule has 2 aliphatic rings. The van der Waals surface area contributed by atoms with Crippen LogP contribution in [-0.4, -0.2) is 42.5 Å². The summed E-state index contributed by atoms with van der Waals surface area (Å²) in [7, 11) is 1.59. The molecule has 1 aromatic carbocycles. The summed E-state index contributed by atoms with van der Waals surface area (Å²) in [6.07, 6.45) is 5.31. The minimum atomic E-state index is -0.409. The lowest BCUT2D eigenvalue weighted by molar-refractivity contribution is -0.141. The first-order chi connectivity index (χ1) is 12.9. The van der Waals surface area contributed by atoms with Crippen LogP contribution in [0.4, 0.5) is 5.69 Å². The van der Waals surface area contributed by atoms with E-state index in [1.54, 1.807) is 7.11 Å². The minimum absolute atomic E-state index is 0. The van der Waals surface area contributed by atoms with Crippen molar-refractivity contribution in [1.29, 1.82) is 0 Å². The third-order valence-corrected chi connectivity index (χ3v) is 6.09. The molecule has 2 unspecified atom stereocenters. The van der Waals surface area contributed by atoms with Crippen LogP contribution in [0.2, 0.25) is 0 Å². The molecule has 2 atom stereocenters. The van der Waals surface area contributed by atoms with E-state index < -0.39 is 5.54 Å². The molecule has 0 spiro atoms. The number of benzene rings is 1. The predicted molar refractivity (Wildman–Crippen MR) is 113 cm³/mol. The highest BCUT2D eigenvalue weighted by atomic mass is 35.5. The van der Waals surface area contributed by atoms with Gasteiger partial charge in [0.05, 0.1) is 18.7 Å². The van der Waals surface area contributed by atoms with E-state index in [9.17, 15) is 9.59 Å². The number of nitrogens with two attached hydrogens (primary N) is 1. The molecule has 7 heteroatoms. The van der Waals surface area contributed by atoms with Gasteiger partial charge in [-0.3, -0.25) is 9.59 Å². The summed E-state index contributed by atoms with van der Waals surface area (Å²) in [5, 5.41) is 2.96. The normalized spacial score (nSPS) is 25.5. The maximum atomic E-state index is 12.9. The second kappa shape index (κ2) is 9.61. The van der Waals surface area contributed by atoms with E-state index in [-0.39, 0.29) is 36.1 Å². The Bertz CT molecular complexity index is 687. The first-order valence-electron chi connectivity index (χ1n) is 9.94. The number of amides is 2. The molecule has 28 heavy (non-hydrogen) atoms. The van der Waals surface area contributed by atoms with E-state index in [0.717, 1.165) is 25.7 Å². The smallest absolute Gasteiger partial charge is 0.227 e. The lowest BCUT2D eigenvalue weighted by atomic mass is 9.73. The van der Waals surface area contributed by atoms with E-state index in [4.69, 9.17) is 10.5 Å². The number of hydrogen-bond acceptors (Lipinski definition) is 4. The summed E-state index contributed by atoms with van der Waals surface area (Å²) in [6, 6.07) is 7.40. The molecule has 156 valence electrons. The highest BCUT2D eigenvalue weighted by Crippen LogP contribution is 2.34. The molecule has 1 heterocycles. The molecule has 1 aliphatic heterocycles. The molecule has 0 aromatic heterocycles. The Morgan fingerprint density at radius 1 is 1.18 bits per heavy atom. The zero-order valence-corrected chi connectivity index (χ0v) is 17.6. The van der Waals surface area contributed by atoms with Gasteiger partial charge in [0.25, 0.3) is 0 Å². The van der Waals surface area contributed by atoms with Gasteiger partial charge in [0.1, 0.15) is 5.75 Å². The lowest BCUT2D eigenvalue weighted by Crippen LogP contribution is -2.55. The predicted octanol–water partition coefficient (Wildman–Crippen LogP) is 3.20. The van der Waals surface area contributed by atoms with Crippen molar-refractivity contribution in [2.45, 2.75) is 51.0 Å². The molecule has 6 nitrogen and oxygen atoms in total. The topological polar surface area (TPSA) is 84.7 Å². The summed E-state index contributed by atoms with van der Waals surface area (Å²) in [5.74, 6) is 0.633. The zero-order valence-electron chi connectivity index (χ0n) is 16.8. The van der Waals surface area contributed by atoms with Crippen molar-refractivity contribution >= 4 is 29.9 Å². The number of halogens is 1. The largest absolute Gasteiger partial charge is 0.495 e. The number of carbonyl (C=O) groups is 2. The van der Waals surface area contributed by atoms with Crippen LogP contribution < -0.4 is 15.8 Å². The van der Waals surface area contributed by atoms with Crippen molar-refractivity contribution in [3.63, 3.8) is 0 Å². The standard InChI is InChI=1S/C21H31N3O3.ClH/c1-21(22)12-6-5-7-16(21)20(26)24-13-10-15(11-14-24)19(25)23-17-8-3-4-9-18(17)27-2;/h3-4,8-9,15-16H,5-7,10-14,22H2,1-2H3,(H,23,25);1H. The number of likely N-dealkylation sites (tertiary alicyclic amines) is 1. The van der Waals surface area contributed by atoms with Gasteiger partial charge in [0.15, 0.2) is 0 Å². The summed E-state index contributed by atoms with van der Waals surface area (Å²) >= 11 is 0. The van der Waals surface area contributed by atoms with Gasteiger partial charge in [-0.05, 0) is 44.7 Å². The summed E-state index contributed by atoms with van der Waals surface area (Å²) < 4.78 is 5.29. The van der Waals surface area contributed by atoms with Gasteiger partial charge in [-0.2, -0.15) is 0 Å². The fourth-order valence-corrected chi connectivity index (χ4v) is 4.33. The first kappa shape index (κ1) is 22.5. The van der Waals surface area contributed by atoms with Gasteiger partial charge < -0.3 is 20.7 Å². The van der Waals surface area contributed by atoms with Crippen LogP contribution in [0.15, 0.2) is 24.3 Å². The van der Waals surface area contributed by atoms with Gasteiger partial charge >= 0.3 is 0 Å². The Hall–Kier alpha value is -1.79. The van der Waals surface area contributed by atoms with Crippen molar-refractivity contribution in [1.82, 2.24) is 4.90 Å². The third kappa shape index (κ3) is 4.97. The molecule has 1 saturated heterocycles. The Labute approximate surface area is 173 Å².